The maximum atomic E-state index is 11.5. The largest absolute Gasteiger partial charge is 0.480 e. The Bertz CT molecular complexity index is 342. The van der Waals surface area contributed by atoms with E-state index in [2.05, 4.69) is 10.6 Å². The highest BCUT2D eigenvalue weighted by Crippen LogP contribution is 2.28. The molecule has 0 bridgehead atoms. The molecule has 0 spiro atoms. The van der Waals surface area contributed by atoms with Crippen LogP contribution >= 0.6 is 0 Å². The summed E-state index contributed by atoms with van der Waals surface area (Å²) in [6.45, 7) is 0.540. The number of carboxylic acid groups (broad SMARTS) is 1. The molecule has 19 heavy (non-hydrogen) atoms. The molecule has 0 aromatic carbocycles. The molecule has 3 amide bonds. The van der Waals surface area contributed by atoms with Gasteiger partial charge in [0.25, 0.3) is 0 Å². The Morgan fingerprint density at radius 3 is 2.47 bits per heavy atom. The number of aliphatic carboxylic acids is 1. The summed E-state index contributed by atoms with van der Waals surface area (Å²) in [5, 5.41) is 13.9. The van der Waals surface area contributed by atoms with E-state index in [1.54, 1.807) is 0 Å². The quantitative estimate of drug-likeness (QED) is 0.503. The third-order valence-electron chi connectivity index (χ3n) is 3.35. The fraction of sp³-hybridized carbons (Fsp3) is 0.750. The number of hydrogen-bond acceptors (Lipinski definition) is 3. The molecular formula is C12H21N3O4. The van der Waals surface area contributed by atoms with Crippen molar-refractivity contribution in [3.8, 4) is 0 Å². The van der Waals surface area contributed by atoms with Crippen molar-refractivity contribution in [1.82, 2.24) is 10.6 Å². The van der Waals surface area contributed by atoms with Crippen molar-refractivity contribution < 1.29 is 19.5 Å². The Balaban J connectivity index is 2.21. The van der Waals surface area contributed by atoms with E-state index in [0.29, 0.717) is 12.5 Å². The van der Waals surface area contributed by atoms with Crippen molar-refractivity contribution >= 4 is 17.9 Å². The van der Waals surface area contributed by atoms with Gasteiger partial charge in [0.2, 0.25) is 5.91 Å². The van der Waals surface area contributed by atoms with Crippen molar-refractivity contribution in [3.63, 3.8) is 0 Å². The summed E-state index contributed by atoms with van der Waals surface area (Å²) in [5.74, 6) is -1.07. The second kappa shape index (κ2) is 7.60. The number of carboxylic acids is 1. The van der Waals surface area contributed by atoms with Crippen molar-refractivity contribution in [2.24, 2.45) is 11.7 Å². The van der Waals surface area contributed by atoms with Crippen LogP contribution in [-0.4, -0.2) is 35.6 Å². The topological polar surface area (TPSA) is 122 Å². The minimum absolute atomic E-state index is 0.000706. The predicted molar refractivity (Wildman–Crippen MR) is 68.3 cm³/mol. The Kier molecular flexibility index (Phi) is 6.11. The second-order valence-electron chi connectivity index (χ2n) is 4.88. The second-order valence-corrected chi connectivity index (χ2v) is 4.88. The standard InChI is InChI=1S/C12H21N3O4/c13-10(16)5-4-9(11(17)18)15-12(19)14-7-6-8-2-1-3-8/h8-9H,1-7H2,(H2,13,16)(H,17,18)(H2,14,15,19)/t9-/m1/s1. The number of nitrogens with two attached hydrogens (primary N) is 1. The van der Waals surface area contributed by atoms with Crippen LogP contribution in [0.5, 0.6) is 0 Å². The molecule has 0 aliphatic heterocycles. The lowest BCUT2D eigenvalue weighted by atomic mass is 9.83. The summed E-state index contributed by atoms with van der Waals surface area (Å²) in [5.41, 5.74) is 4.95. The monoisotopic (exact) mass is 271 g/mol. The molecule has 108 valence electrons. The molecule has 7 heteroatoms. The van der Waals surface area contributed by atoms with Crippen molar-refractivity contribution in [2.75, 3.05) is 6.54 Å². The number of nitrogens with one attached hydrogen (secondary N) is 2. The normalized spacial score (nSPS) is 16.2. The number of urea groups is 1. The van der Waals surface area contributed by atoms with Gasteiger partial charge in [-0.05, 0) is 18.8 Å². The molecule has 7 nitrogen and oxygen atoms in total. The molecule has 0 heterocycles. The van der Waals surface area contributed by atoms with Crippen LogP contribution in [0, 0.1) is 5.92 Å². The molecule has 1 saturated carbocycles. The first-order chi connectivity index (χ1) is 8.99. The van der Waals surface area contributed by atoms with Crippen LogP contribution < -0.4 is 16.4 Å². The molecular weight excluding hydrogens is 250 g/mol. The van der Waals surface area contributed by atoms with Crippen LogP contribution in [0.2, 0.25) is 0 Å². The van der Waals surface area contributed by atoms with E-state index in [1.165, 1.54) is 19.3 Å². The van der Waals surface area contributed by atoms with E-state index in [1.807, 2.05) is 0 Å². The van der Waals surface area contributed by atoms with Crippen molar-refractivity contribution in [3.05, 3.63) is 0 Å². The van der Waals surface area contributed by atoms with Gasteiger partial charge < -0.3 is 21.5 Å². The van der Waals surface area contributed by atoms with Gasteiger partial charge in [-0.1, -0.05) is 19.3 Å². The molecule has 0 saturated heterocycles. The van der Waals surface area contributed by atoms with Crippen LogP contribution in [0.3, 0.4) is 0 Å². The number of hydrogen-bond donors (Lipinski definition) is 4. The molecule has 1 atom stereocenters. The molecule has 5 N–H and O–H groups in total. The lowest BCUT2D eigenvalue weighted by Gasteiger charge is -2.25. The zero-order chi connectivity index (χ0) is 14.3. The zero-order valence-electron chi connectivity index (χ0n) is 10.9. The van der Waals surface area contributed by atoms with E-state index < -0.39 is 23.9 Å². The van der Waals surface area contributed by atoms with E-state index in [9.17, 15) is 14.4 Å². The number of amides is 3. The summed E-state index contributed by atoms with van der Waals surface area (Å²) in [6, 6.07) is -1.60. The number of rotatable bonds is 8. The molecule has 0 aromatic heterocycles. The van der Waals surface area contributed by atoms with E-state index in [4.69, 9.17) is 10.8 Å². The maximum absolute atomic E-state index is 11.5. The van der Waals surface area contributed by atoms with Crippen LogP contribution in [0.1, 0.15) is 38.5 Å². The fourth-order valence-electron chi connectivity index (χ4n) is 1.92. The Labute approximate surface area is 111 Å². The summed E-state index contributed by atoms with van der Waals surface area (Å²) in [7, 11) is 0. The number of carbonyl (C=O) groups is 3. The van der Waals surface area contributed by atoms with Crippen LogP contribution in [0.25, 0.3) is 0 Å². The number of primary amides is 1. The lowest BCUT2D eigenvalue weighted by molar-refractivity contribution is -0.139. The van der Waals surface area contributed by atoms with Gasteiger partial charge in [-0.25, -0.2) is 9.59 Å². The van der Waals surface area contributed by atoms with Gasteiger partial charge in [0.1, 0.15) is 6.04 Å². The summed E-state index contributed by atoms with van der Waals surface area (Å²) in [6.07, 6.45) is 4.52. The highest BCUT2D eigenvalue weighted by Gasteiger charge is 2.21. The highest BCUT2D eigenvalue weighted by atomic mass is 16.4. The minimum atomic E-state index is -1.17. The van der Waals surface area contributed by atoms with E-state index in [0.717, 1.165) is 6.42 Å². The van der Waals surface area contributed by atoms with Gasteiger partial charge in [-0.15, -0.1) is 0 Å². The Morgan fingerprint density at radius 2 is 2.00 bits per heavy atom. The number of carbonyl (C=O) groups excluding carboxylic acids is 2. The van der Waals surface area contributed by atoms with Gasteiger partial charge in [0.05, 0.1) is 0 Å². The average molecular weight is 271 g/mol. The van der Waals surface area contributed by atoms with E-state index >= 15 is 0 Å². The third kappa shape index (κ3) is 6.08. The fourth-order valence-corrected chi connectivity index (χ4v) is 1.92. The van der Waals surface area contributed by atoms with Gasteiger partial charge >= 0.3 is 12.0 Å². The molecule has 0 radical (unpaired) electrons. The predicted octanol–water partition coefficient (Wildman–Crippen LogP) is 0.194. The molecule has 0 unspecified atom stereocenters. The van der Waals surface area contributed by atoms with E-state index in [-0.39, 0.29) is 12.8 Å². The average Bonchev–Trinajstić information content (AvgIpc) is 2.27. The Morgan fingerprint density at radius 1 is 1.32 bits per heavy atom. The molecule has 1 fully saturated rings. The maximum Gasteiger partial charge on any atom is 0.326 e. The van der Waals surface area contributed by atoms with Gasteiger partial charge in [-0.3, -0.25) is 4.79 Å². The van der Waals surface area contributed by atoms with Gasteiger partial charge in [0, 0.05) is 13.0 Å². The molecule has 1 rings (SSSR count). The lowest BCUT2D eigenvalue weighted by Crippen LogP contribution is -2.46. The minimum Gasteiger partial charge on any atom is -0.480 e. The van der Waals surface area contributed by atoms with Gasteiger partial charge in [0.15, 0.2) is 0 Å². The first-order valence-corrected chi connectivity index (χ1v) is 6.54. The molecule has 1 aliphatic rings. The summed E-state index contributed by atoms with van der Waals surface area (Å²) >= 11 is 0. The molecule has 0 aromatic rings. The highest BCUT2D eigenvalue weighted by molar-refractivity contribution is 5.83. The van der Waals surface area contributed by atoms with Crippen LogP contribution in [0.4, 0.5) is 4.79 Å². The van der Waals surface area contributed by atoms with Crippen molar-refractivity contribution in [2.45, 2.75) is 44.6 Å². The van der Waals surface area contributed by atoms with Crippen molar-refractivity contribution in [1.29, 1.82) is 0 Å². The SMILES string of the molecule is NC(=O)CC[C@@H](NC(=O)NCCC1CCC1)C(=O)O. The first-order valence-electron chi connectivity index (χ1n) is 6.54. The third-order valence-corrected chi connectivity index (χ3v) is 3.35. The summed E-state index contributed by atoms with van der Waals surface area (Å²) in [4.78, 5) is 33.0. The Hall–Kier alpha value is -1.79. The van der Waals surface area contributed by atoms with Crippen LogP contribution in [-0.2, 0) is 9.59 Å². The zero-order valence-corrected chi connectivity index (χ0v) is 10.9. The smallest absolute Gasteiger partial charge is 0.326 e. The van der Waals surface area contributed by atoms with Gasteiger partial charge in [-0.2, -0.15) is 0 Å². The van der Waals surface area contributed by atoms with Crippen LogP contribution in [0.15, 0.2) is 0 Å². The molecule has 1 aliphatic carbocycles. The summed E-state index contributed by atoms with van der Waals surface area (Å²) < 4.78 is 0. The first kappa shape index (κ1) is 15.3.